The number of rotatable bonds is 6. The summed E-state index contributed by atoms with van der Waals surface area (Å²) in [6.07, 6.45) is 3.96. The van der Waals surface area contributed by atoms with Crippen molar-refractivity contribution in [1.29, 1.82) is 0 Å². The monoisotopic (exact) mass is 459 g/mol. The van der Waals surface area contributed by atoms with Crippen LogP contribution in [-0.2, 0) is 21.9 Å². The number of imide groups is 1. The zero-order valence-electron chi connectivity index (χ0n) is 17.8. The van der Waals surface area contributed by atoms with Gasteiger partial charge >= 0.3 is 0 Å². The summed E-state index contributed by atoms with van der Waals surface area (Å²) in [5, 5.41) is 0.000667. The molecule has 11 heteroatoms. The molecule has 1 saturated heterocycles. The van der Waals surface area contributed by atoms with Crippen molar-refractivity contribution in [3.05, 3.63) is 47.9 Å². The number of benzene rings is 1. The summed E-state index contributed by atoms with van der Waals surface area (Å²) in [6.45, 7) is 1.44. The molecule has 0 bridgehead atoms. The van der Waals surface area contributed by atoms with Crippen molar-refractivity contribution in [2.45, 2.75) is 24.3 Å². The number of carbonyl (C=O) groups is 3. The molecule has 1 aromatic heterocycles. The molecule has 0 aliphatic carbocycles. The summed E-state index contributed by atoms with van der Waals surface area (Å²) in [7, 11) is -1.99. The number of hydrogen-bond acceptors (Lipinski definition) is 6. The van der Waals surface area contributed by atoms with Gasteiger partial charge in [-0.05, 0) is 25.0 Å². The Kier molecular flexibility index (Phi) is 6.11. The van der Waals surface area contributed by atoms with Gasteiger partial charge in [0.25, 0.3) is 21.8 Å². The first-order chi connectivity index (χ1) is 15.3. The highest BCUT2D eigenvalue weighted by Crippen LogP contribution is 2.23. The molecule has 0 N–H and O–H groups in total. The van der Waals surface area contributed by atoms with Gasteiger partial charge in [-0.25, -0.2) is 13.4 Å². The molecule has 10 nitrogen and oxygen atoms in total. The van der Waals surface area contributed by atoms with Crippen LogP contribution in [0.1, 0.15) is 40.0 Å². The largest absolute Gasteiger partial charge is 0.341 e. The van der Waals surface area contributed by atoms with Crippen LogP contribution >= 0.6 is 0 Å². The van der Waals surface area contributed by atoms with Gasteiger partial charge in [0.1, 0.15) is 0 Å². The van der Waals surface area contributed by atoms with Gasteiger partial charge in [-0.15, -0.1) is 0 Å². The highest BCUT2D eigenvalue weighted by atomic mass is 32.2. The normalized spacial score (nSPS) is 17.5. The van der Waals surface area contributed by atoms with E-state index in [0.717, 1.165) is 0 Å². The first kappa shape index (κ1) is 22.2. The van der Waals surface area contributed by atoms with E-state index in [-0.39, 0.29) is 48.8 Å². The lowest BCUT2D eigenvalue weighted by Gasteiger charge is -2.22. The average Bonchev–Trinajstić information content (AvgIpc) is 3.19. The molecule has 2 aliphatic rings. The second-order valence-corrected chi connectivity index (χ2v) is 9.81. The average molecular weight is 460 g/mol. The van der Waals surface area contributed by atoms with E-state index in [0.29, 0.717) is 37.1 Å². The molecule has 3 heterocycles. The summed E-state index contributed by atoms with van der Waals surface area (Å²) >= 11 is 0. The Morgan fingerprint density at radius 2 is 1.72 bits per heavy atom. The van der Waals surface area contributed by atoms with Gasteiger partial charge in [-0.3, -0.25) is 19.3 Å². The van der Waals surface area contributed by atoms with E-state index in [4.69, 9.17) is 0 Å². The smallest absolute Gasteiger partial charge is 0.262 e. The van der Waals surface area contributed by atoms with Gasteiger partial charge in [0.05, 0.1) is 17.5 Å². The van der Waals surface area contributed by atoms with Crippen LogP contribution in [0.15, 0.2) is 41.8 Å². The minimum absolute atomic E-state index is 0.000667. The van der Waals surface area contributed by atoms with Crippen LogP contribution in [0, 0.1) is 0 Å². The summed E-state index contributed by atoms with van der Waals surface area (Å²) in [5.41, 5.74) is 0.788. The minimum atomic E-state index is -3.70. The van der Waals surface area contributed by atoms with E-state index in [1.165, 1.54) is 21.7 Å². The van der Waals surface area contributed by atoms with Gasteiger partial charge < -0.3 is 9.47 Å². The first-order valence-corrected chi connectivity index (χ1v) is 11.9. The maximum absolute atomic E-state index is 12.8. The van der Waals surface area contributed by atoms with Crippen molar-refractivity contribution in [1.82, 2.24) is 23.7 Å². The van der Waals surface area contributed by atoms with E-state index in [9.17, 15) is 22.8 Å². The fourth-order valence-electron chi connectivity index (χ4n) is 4.03. The predicted octanol–water partition coefficient (Wildman–Crippen LogP) is 0.720. The highest BCUT2D eigenvalue weighted by Gasteiger charge is 2.35. The molecule has 0 spiro atoms. The minimum Gasteiger partial charge on any atom is -0.341 e. The Labute approximate surface area is 186 Å². The number of fused-ring (bicyclic) bond motifs is 1. The fraction of sp³-hybridized carbons (Fsp3) is 0.429. The van der Waals surface area contributed by atoms with Crippen LogP contribution in [0.25, 0.3) is 0 Å². The third kappa shape index (κ3) is 4.17. The lowest BCUT2D eigenvalue weighted by Crippen LogP contribution is -2.38. The lowest BCUT2D eigenvalue weighted by molar-refractivity contribution is -0.131. The van der Waals surface area contributed by atoms with Gasteiger partial charge in [0.2, 0.25) is 5.91 Å². The molecule has 1 aromatic carbocycles. The summed E-state index contributed by atoms with van der Waals surface area (Å²) in [6, 6.07) is 6.69. The highest BCUT2D eigenvalue weighted by molar-refractivity contribution is 7.89. The second kappa shape index (κ2) is 8.83. The molecule has 0 radical (unpaired) electrons. The first-order valence-electron chi connectivity index (χ1n) is 10.5. The van der Waals surface area contributed by atoms with Gasteiger partial charge in [0, 0.05) is 52.4 Å². The van der Waals surface area contributed by atoms with Crippen molar-refractivity contribution < 1.29 is 22.8 Å². The van der Waals surface area contributed by atoms with Crippen LogP contribution < -0.4 is 0 Å². The van der Waals surface area contributed by atoms with Gasteiger partial charge in [-0.2, -0.15) is 4.31 Å². The lowest BCUT2D eigenvalue weighted by atomic mass is 10.1. The van der Waals surface area contributed by atoms with Crippen LogP contribution in [-0.4, -0.2) is 82.5 Å². The number of aromatic nitrogens is 2. The fourth-order valence-corrected chi connectivity index (χ4v) is 5.46. The molecule has 1 fully saturated rings. The van der Waals surface area contributed by atoms with E-state index >= 15 is 0 Å². The molecule has 32 heavy (non-hydrogen) atoms. The van der Waals surface area contributed by atoms with Gasteiger partial charge in [0.15, 0.2) is 5.03 Å². The predicted molar refractivity (Wildman–Crippen MR) is 114 cm³/mol. The summed E-state index contributed by atoms with van der Waals surface area (Å²) < 4.78 is 28.5. The van der Waals surface area contributed by atoms with E-state index in [1.54, 1.807) is 40.8 Å². The molecule has 2 aliphatic heterocycles. The number of aryl methyl sites for hydroxylation is 1. The Bertz CT molecular complexity index is 1120. The molecule has 0 saturated carbocycles. The number of imidazole rings is 1. The van der Waals surface area contributed by atoms with E-state index < -0.39 is 10.0 Å². The Morgan fingerprint density at radius 1 is 1.03 bits per heavy atom. The van der Waals surface area contributed by atoms with Crippen LogP contribution in [0.2, 0.25) is 0 Å². The third-order valence-corrected chi connectivity index (χ3v) is 7.53. The number of hydrogen-bond donors (Lipinski definition) is 0. The maximum atomic E-state index is 12.8. The Balaban J connectivity index is 1.30. The number of nitrogens with zero attached hydrogens (tertiary/aromatic N) is 5. The van der Waals surface area contributed by atoms with Crippen molar-refractivity contribution >= 4 is 27.7 Å². The Morgan fingerprint density at radius 3 is 2.34 bits per heavy atom. The molecular weight excluding hydrogens is 434 g/mol. The molecule has 170 valence electrons. The topological polar surface area (TPSA) is 113 Å². The Hall–Kier alpha value is -3.05. The maximum Gasteiger partial charge on any atom is 0.262 e. The zero-order chi connectivity index (χ0) is 22.9. The van der Waals surface area contributed by atoms with Crippen molar-refractivity contribution in [3.8, 4) is 0 Å². The molecule has 3 amide bonds. The van der Waals surface area contributed by atoms with Crippen molar-refractivity contribution in [2.75, 3.05) is 32.7 Å². The molecule has 0 unspecified atom stereocenters. The number of sulfonamides is 1. The van der Waals surface area contributed by atoms with Crippen LogP contribution in [0.4, 0.5) is 0 Å². The number of carbonyl (C=O) groups excluding carboxylic acids is 3. The van der Waals surface area contributed by atoms with Gasteiger partial charge in [-0.1, -0.05) is 12.1 Å². The molecule has 0 atom stereocenters. The van der Waals surface area contributed by atoms with Crippen molar-refractivity contribution in [2.24, 2.45) is 7.05 Å². The van der Waals surface area contributed by atoms with E-state index in [2.05, 4.69) is 4.98 Å². The molecular formula is C21H25N5O5S. The quantitative estimate of drug-likeness (QED) is 0.589. The van der Waals surface area contributed by atoms with Crippen molar-refractivity contribution in [3.63, 3.8) is 0 Å². The SMILES string of the molecule is Cn1cnc(S(=O)(=O)N2CCCN(C(=O)CCCN3C(=O)c4ccccc4C3=O)CC2)c1. The summed E-state index contributed by atoms with van der Waals surface area (Å²) in [5.74, 6) is -0.773. The number of amides is 3. The van der Waals surface area contributed by atoms with E-state index in [1.807, 2.05) is 0 Å². The standard InChI is InChI=1S/C21H25N5O5S/c1-23-14-18(22-15-23)32(30,31)25-10-5-9-24(12-13-25)19(27)8-4-11-26-20(28)16-6-2-3-7-17(16)21(26)29/h2-3,6-7,14-15H,4-5,8-13H2,1H3. The van der Waals surface area contributed by atoms with Crippen LogP contribution in [0.3, 0.4) is 0 Å². The third-order valence-electron chi connectivity index (χ3n) is 5.74. The van der Waals surface area contributed by atoms with Crippen LogP contribution in [0.5, 0.6) is 0 Å². The zero-order valence-corrected chi connectivity index (χ0v) is 18.6. The second-order valence-electron chi connectivity index (χ2n) is 7.93. The molecule has 4 rings (SSSR count). The molecule has 2 aromatic rings. The summed E-state index contributed by atoms with van der Waals surface area (Å²) in [4.78, 5) is 44.3.